The highest BCUT2D eigenvalue weighted by atomic mass is 16.6. The van der Waals surface area contributed by atoms with E-state index in [1.54, 1.807) is 24.3 Å². The number of nitriles is 1. The average Bonchev–Trinajstić information content (AvgIpc) is 2.58. The maximum absolute atomic E-state index is 11.6. The van der Waals surface area contributed by atoms with Crippen LogP contribution < -0.4 is 4.74 Å². The van der Waals surface area contributed by atoms with Crippen LogP contribution in [0.3, 0.4) is 0 Å². The second kappa shape index (κ2) is 7.56. The number of rotatable bonds is 6. The van der Waals surface area contributed by atoms with E-state index in [1.165, 1.54) is 24.3 Å². The zero-order valence-corrected chi connectivity index (χ0v) is 12.0. The Hall–Kier alpha value is -3.40. The minimum Gasteiger partial charge on any atom is -0.482 e. The van der Waals surface area contributed by atoms with E-state index in [0.717, 1.165) is 0 Å². The van der Waals surface area contributed by atoms with Crippen molar-refractivity contribution in [2.45, 2.75) is 6.61 Å². The summed E-state index contributed by atoms with van der Waals surface area (Å²) in [5, 5.41) is 19.3. The number of ether oxygens (including phenoxy) is 2. The van der Waals surface area contributed by atoms with Crippen LogP contribution in [0.2, 0.25) is 0 Å². The molecule has 2 aromatic carbocycles. The molecular weight excluding hydrogens is 300 g/mol. The van der Waals surface area contributed by atoms with Crippen molar-refractivity contribution in [3.05, 3.63) is 69.8 Å². The summed E-state index contributed by atoms with van der Waals surface area (Å²) in [7, 11) is 0. The van der Waals surface area contributed by atoms with E-state index in [9.17, 15) is 14.9 Å². The van der Waals surface area contributed by atoms with Gasteiger partial charge in [0.15, 0.2) is 6.61 Å². The zero-order valence-electron chi connectivity index (χ0n) is 12.0. The number of esters is 1. The van der Waals surface area contributed by atoms with Crippen LogP contribution in [0.25, 0.3) is 0 Å². The van der Waals surface area contributed by atoms with Crippen LogP contribution in [0, 0.1) is 21.4 Å². The Labute approximate surface area is 131 Å². The third-order valence-electron chi connectivity index (χ3n) is 2.86. The predicted octanol–water partition coefficient (Wildman–Crippen LogP) is 2.59. The van der Waals surface area contributed by atoms with E-state index < -0.39 is 10.9 Å². The van der Waals surface area contributed by atoms with Gasteiger partial charge in [-0.3, -0.25) is 10.1 Å². The van der Waals surface area contributed by atoms with Crippen molar-refractivity contribution < 1.29 is 19.2 Å². The van der Waals surface area contributed by atoms with Crippen LogP contribution in [0.1, 0.15) is 11.1 Å². The van der Waals surface area contributed by atoms with Crippen molar-refractivity contribution >= 4 is 11.7 Å². The minimum atomic E-state index is -0.578. The summed E-state index contributed by atoms with van der Waals surface area (Å²) < 4.78 is 10.2. The molecule has 0 saturated carbocycles. The Balaban J connectivity index is 1.80. The second-order valence-corrected chi connectivity index (χ2v) is 4.51. The molecule has 116 valence electrons. The number of nitro benzene ring substituents is 1. The van der Waals surface area contributed by atoms with Crippen LogP contribution >= 0.6 is 0 Å². The van der Waals surface area contributed by atoms with E-state index >= 15 is 0 Å². The molecule has 2 aromatic rings. The number of benzene rings is 2. The molecule has 0 aliphatic carbocycles. The van der Waals surface area contributed by atoms with Crippen LogP contribution in [0.15, 0.2) is 48.5 Å². The van der Waals surface area contributed by atoms with Crippen molar-refractivity contribution in [1.29, 1.82) is 5.26 Å². The largest absolute Gasteiger partial charge is 0.482 e. The lowest BCUT2D eigenvalue weighted by Crippen LogP contribution is -2.14. The topological polar surface area (TPSA) is 102 Å². The summed E-state index contributed by atoms with van der Waals surface area (Å²) in [6.45, 7) is -0.270. The number of nitrogens with zero attached hydrogens (tertiary/aromatic N) is 2. The first-order valence-electron chi connectivity index (χ1n) is 6.60. The van der Waals surface area contributed by atoms with E-state index in [-0.39, 0.29) is 18.9 Å². The van der Waals surface area contributed by atoms with E-state index in [4.69, 9.17) is 14.7 Å². The van der Waals surface area contributed by atoms with Gasteiger partial charge in [-0.05, 0) is 29.8 Å². The third kappa shape index (κ3) is 4.82. The lowest BCUT2D eigenvalue weighted by molar-refractivity contribution is -0.384. The molecule has 0 bridgehead atoms. The van der Waals surface area contributed by atoms with E-state index in [1.807, 2.05) is 6.07 Å². The van der Waals surface area contributed by atoms with Crippen LogP contribution in [0.4, 0.5) is 5.69 Å². The molecule has 0 spiro atoms. The van der Waals surface area contributed by atoms with Gasteiger partial charge in [0.05, 0.1) is 16.6 Å². The summed E-state index contributed by atoms with van der Waals surface area (Å²) in [6, 6.07) is 14.1. The fourth-order valence-corrected chi connectivity index (χ4v) is 1.74. The van der Waals surface area contributed by atoms with Gasteiger partial charge in [0.2, 0.25) is 0 Å². The van der Waals surface area contributed by atoms with Crippen molar-refractivity contribution in [2.24, 2.45) is 0 Å². The van der Waals surface area contributed by atoms with Gasteiger partial charge in [0.1, 0.15) is 12.4 Å². The summed E-state index contributed by atoms with van der Waals surface area (Å²) in [4.78, 5) is 21.6. The molecule has 0 saturated heterocycles. The number of carbonyl (C=O) groups is 1. The summed E-state index contributed by atoms with van der Waals surface area (Å²) >= 11 is 0. The van der Waals surface area contributed by atoms with Gasteiger partial charge >= 0.3 is 5.97 Å². The first-order chi connectivity index (χ1) is 11.1. The summed E-state index contributed by atoms with van der Waals surface area (Å²) in [6.07, 6.45) is 0. The molecule has 2 rings (SSSR count). The summed E-state index contributed by atoms with van der Waals surface area (Å²) in [5.41, 5.74) is 1.13. The molecule has 0 fully saturated rings. The Morgan fingerprint density at radius 3 is 2.61 bits per heavy atom. The number of nitro groups is 1. The van der Waals surface area contributed by atoms with Crippen molar-refractivity contribution in [3.8, 4) is 11.8 Å². The third-order valence-corrected chi connectivity index (χ3v) is 2.86. The smallest absolute Gasteiger partial charge is 0.344 e. The van der Waals surface area contributed by atoms with E-state index in [2.05, 4.69) is 0 Å². The molecule has 0 aromatic heterocycles. The fourth-order valence-electron chi connectivity index (χ4n) is 1.74. The number of carbonyl (C=O) groups excluding carboxylic acids is 1. The Bertz CT molecular complexity index is 750. The highest BCUT2D eigenvalue weighted by molar-refractivity contribution is 5.71. The SMILES string of the molecule is N#Cc1cccc(COC(=O)COc2ccc([N+](=O)[O-])cc2)c1. The fraction of sp³-hybridized carbons (Fsp3) is 0.125. The van der Waals surface area contributed by atoms with Gasteiger partial charge in [-0.25, -0.2) is 4.79 Å². The monoisotopic (exact) mass is 312 g/mol. The molecule has 7 nitrogen and oxygen atoms in total. The highest BCUT2D eigenvalue weighted by Crippen LogP contribution is 2.17. The quantitative estimate of drug-likeness (QED) is 0.461. The van der Waals surface area contributed by atoms with Gasteiger partial charge in [-0.15, -0.1) is 0 Å². The number of non-ortho nitro benzene ring substituents is 1. The lowest BCUT2D eigenvalue weighted by Gasteiger charge is -2.07. The van der Waals surface area contributed by atoms with Gasteiger partial charge in [-0.1, -0.05) is 12.1 Å². The Morgan fingerprint density at radius 2 is 1.96 bits per heavy atom. The van der Waals surface area contributed by atoms with Gasteiger partial charge in [0, 0.05) is 12.1 Å². The van der Waals surface area contributed by atoms with Gasteiger partial charge in [0.25, 0.3) is 5.69 Å². The van der Waals surface area contributed by atoms with Crippen LogP contribution in [-0.2, 0) is 16.1 Å². The molecule has 0 atom stereocenters. The molecular formula is C16H12N2O5. The lowest BCUT2D eigenvalue weighted by atomic mass is 10.1. The molecule has 23 heavy (non-hydrogen) atoms. The first-order valence-corrected chi connectivity index (χ1v) is 6.60. The number of hydrogen-bond acceptors (Lipinski definition) is 6. The van der Waals surface area contributed by atoms with Crippen molar-refractivity contribution in [3.63, 3.8) is 0 Å². The molecule has 0 amide bonds. The normalized spacial score (nSPS) is 9.70. The zero-order chi connectivity index (χ0) is 16.7. The van der Waals surface area contributed by atoms with Crippen LogP contribution in [-0.4, -0.2) is 17.5 Å². The van der Waals surface area contributed by atoms with Crippen LogP contribution in [0.5, 0.6) is 5.75 Å². The highest BCUT2D eigenvalue weighted by Gasteiger charge is 2.08. The Kier molecular flexibility index (Phi) is 5.25. The van der Waals surface area contributed by atoms with Gasteiger partial charge in [-0.2, -0.15) is 5.26 Å². The van der Waals surface area contributed by atoms with Crippen molar-refractivity contribution in [2.75, 3.05) is 6.61 Å². The minimum absolute atomic E-state index is 0.0397. The molecule has 0 radical (unpaired) electrons. The molecule has 0 aliphatic rings. The molecule has 0 unspecified atom stereocenters. The maximum Gasteiger partial charge on any atom is 0.344 e. The summed E-state index contributed by atoms with van der Waals surface area (Å²) in [5.74, 6) is -0.246. The molecule has 0 N–H and O–H groups in total. The first kappa shape index (κ1) is 16.0. The molecule has 0 aliphatic heterocycles. The van der Waals surface area contributed by atoms with Crippen molar-refractivity contribution in [1.82, 2.24) is 0 Å². The number of hydrogen-bond donors (Lipinski definition) is 0. The predicted molar refractivity (Wildman–Crippen MR) is 79.5 cm³/mol. The molecule has 7 heteroatoms. The average molecular weight is 312 g/mol. The van der Waals surface area contributed by atoms with E-state index in [0.29, 0.717) is 16.9 Å². The Morgan fingerprint density at radius 1 is 1.22 bits per heavy atom. The molecule has 0 heterocycles. The van der Waals surface area contributed by atoms with Gasteiger partial charge < -0.3 is 9.47 Å². The standard InChI is InChI=1S/C16H12N2O5/c17-9-12-2-1-3-13(8-12)10-23-16(19)11-22-15-6-4-14(5-7-15)18(20)21/h1-8H,10-11H2. The maximum atomic E-state index is 11.6. The second-order valence-electron chi connectivity index (χ2n) is 4.51.